The van der Waals surface area contributed by atoms with E-state index in [-0.39, 0.29) is 0 Å². The molecular formula is C23H27N3. The third-order valence-corrected chi connectivity index (χ3v) is 4.58. The van der Waals surface area contributed by atoms with Crippen molar-refractivity contribution in [1.82, 2.24) is 4.98 Å². The number of nitrogens with zero attached hydrogens (tertiary/aromatic N) is 1. The van der Waals surface area contributed by atoms with Crippen molar-refractivity contribution in [3.63, 3.8) is 0 Å². The van der Waals surface area contributed by atoms with Gasteiger partial charge in [0, 0.05) is 24.1 Å². The fraction of sp³-hybridized carbons (Fsp3) is 0.261. The predicted octanol–water partition coefficient (Wildman–Crippen LogP) is 5.43. The smallest absolute Gasteiger partial charge is 0.0594 e. The van der Waals surface area contributed by atoms with Crippen molar-refractivity contribution in [2.75, 3.05) is 10.6 Å². The average molecular weight is 345 g/mol. The quantitative estimate of drug-likeness (QED) is 0.571. The molecule has 0 amide bonds. The van der Waals surface area contributed by atoms with Crippen LogP contribution in [-0.2, 0) is 25.9 Å². The molecule has 0 spiro atoms. The zero-order valence-corrected chi connectivity index (χ0v) is 15.6. The van der Waals surface area contributed by atoms with Crippen LogP contribution in [0.25, 0.3) is 0 Å². The Kier molecular flexibility index (Phi) is 6.26. The van der Waals surface area contributed by atoms with Crippen LogP contribution in [0.1, 0.15) is 36.2 Å². The Bertz CT molecular complexity index is 720. The van der Waals surface area contributed by atoms with Crippen molar-refractivity contribution in [3.05, 3.63) is 89.2 Å². The number of anilines is 2. The second-order valence-corrected chi connectivity index (χ2v) is 6.47. The predicted molar refractivity (Wildman–Crippen MR) is 111 cm³/mol. The number of benzene rings is 2. The van der Waals surface area contributed by atoms with Crippen molar-refractivity contribution in [2.45, 2.75) is 39.8 Å². The van der Waals surface area contributed by atoms with Crippen molar-refractivity contribution in [1.29, 1.82) is 0 Å². The minimum absolute atomic E-state index is 0.734. The molecule has 1 aromatic heterocycles. The summed E-state index contributed by atoms with van der Waals surface area (Å²) in [5.74, 6) is 0. The number of rotatable bonds is 8. The van der Waals surface area contributed by atoms with E-state index in [1.54, 1.807) is 0 Å². The van der Waals surface area contributed by atoms with E-state index in [0.717, 1.165) is 43.0 Å². The van der Waals surface area contributed by atoms with Crippen molar-refractivity contribution < 1.29 is 0 Å². The first kappa shape index (κ1) is 18.0. The van der Waals surface area contributed by atoms with Crippen LogP contribution in [0, 0.1) is 0 Å². The van der Waals surface area contributed by atoms with Crippen LogP contribution in [0.2, 0.25) is 0 Å². The number of nitrogens with one attached hydrogen (secondary N) is 2. The normalized spacial score (nSPS) is 10.5. The molecule has 2 N–H and O–H groups in total. The highest BCUT2D eigenvalue weighted by Crippen LogP contribution is 2.13. The molecule has 0 aliphatic heterocycles. The average Bonchev–Trinajstić information content (AvgIpc) is 2.72. The molecule has 0 fully saturated rings. The first-order chi connectivity index (χ1) is 12.8. The SMILES string of the molecule is CCc1ccc(NCc2ccc(CNc3ccc(CC)cc3)nc2)cc1. The van der Waals surface area contributed by atoms with Gasteiger partial charge >= 0.3 is 0 Å². The van der Waals surface area contributed by atoms with E-state index in [4.69, 9.17) is 0 Å². The summed E-state index contributed by atoms with van der Waals surface area (Å²) in [4.78, 5) is 4.56. The van der Waals surface area contributed by atoms with Gasteiger partial charge in [0.05, 0.1) is 12.2 Å². The number of hydrogen-bond donors (Lipinski definition) is 2. The lowest BCUT2D eigenvalue weighted by Crippen LogP contribution is -2.04. The van der Waals surface area contributed by atoms with Gasteiger partial charge in [-0.2, -0.15) is 0 Å². The van der Waals surface area contributed by atoms with E-state index >= 15 is 0 Å². The fourth-order valence-electron chi connectivity index (χ4n) is 2.78. The molecule has 3 rings (SSSR count). The number of aromatic nitrogens is 1. The molecule has 0 aliphatic carbocycles. The summed E-state index contributed by atoms with van der Waals surface area (Å²) in [5.41, 5.74) is 7.21. The highest BCUT2D eigenvalue weighted by atomic mass is 14.9. The van der Waals surface area contributed by atoms with Gasteiger partial charge in [0.1, 0.15) is 0 Å². The van der Waals surface area contributed by atoms with E-state index in [1.807, 2.05) is 6.20 Å². The van der Waals surface area contributed by atoms with Gasteiger partial charge in [-0.25, -0.2) is 0 Å². The summed E-state index contributed by atoms with van der Waals surface area (Å²) in [7, 11) is 0. The van der Waals surface area contributed by atoms with E-state index in [2.05, 4.69) is 90.1 Å². The molecule has 3 heteroatoms. The standard InChI is InChI=1S/C23H27N3/c1-3-18-5-10-21(11-6-18)24-15-20-9-14-23(25-16-20)17-26-22-12-7-19(4-2)8-13-22/h5-14,16,24,26H,3-4,15,17H2,1-2H3. The minimum Gasteiger partial charge on any atom is -0.381 e. The maximum Gasteiger partial charge on any atom is 0.0594 e. The van der Waals surface area contributed by atoms with Gasteiger partial charge in [-0.3, -0.25) is 4.98 Å². The molecule has 0 atom stereocenters. The topological polar surface area (TPSA) is 37.0 Å². The van der Waals surface area contributed by atoms with Gasteiger partial charge in [0.2, 0.25) is 0 Å². The van der Waals surface area contributed by atoms with Gasteiger partial charge in [-0.05, 0) is 59.9 Å². The Morgan fingerprint density at radius 2 is 1.12 bits per heavy atom. The third-order valence-electron chi connectivity index (χ3n) is 4.58. The summed E-state index contributed by atoms with van der Waals surface area (Å²) in [5, 5.41) is 6.87. The largest absolute Gasteiger partial charge is 0.381 e. The first-order valence-electron chi connectivity index (χ1n) is 9.36. The van der Waals surface area contributed by atoms with Crippen LogP contribution in [0.3, 0.4) is 0 Å². The van der Waals surface area contributed by atoms with Gasteiger partial charge in [-0.15, -0.1) is 0 Å². The summed E-state index contributed by atoms with van der Waals surface area (Å²) >= 11 is 0. The lowest BCUT2D eigenvalue weighted by molar-refractivity contribution is 1.01. The molecule has 0 radical (unpaired) electrons. The molecule has 2 aromatic carbocycles. The van der Waals surface area contributed by atoms with E-state index < -0.39 is 0 Å². The Morgan fingerprint density at radius 1 is 0.615 bits per heavy atom. The number of aryl methyl sites for hydroxylation is 2. The van der Waals surface area contributed by atoms with Crippen LogP contribution < -0.4 is 10.6 Å². The second kappa shape index (κ2) is 9.04. The van der Waals surface area contributed by atoms with Gasteiger partial charge in [0.25, 0.3) is 0 Å². The molecule has 0 saturated heterocycles. The van der Waals surface area contributed by atoms with Crippen molar-refractivity contribution in [3.8, 4) is 0 Å². The zero-order chi connectivity index (χ0) is 18.2. The van der Waals surface area contributed by atoms with E-state index in [9.17, 15) is 0 Å². The van der Waals surface area contributed by atoms with Gasteiger partial charge in [0.15, 0.2) is 0 Å². The van der Waals surface area contributed by atoms with Gasteiger partial charge in [-0.1, -0.05) is 44.2 Å². The molecule has 0 saturated carbocycles. The molecule has 0 bridgehead atoms. The van der Waals surface area contributed by atoms with Crippen LogP contribution >= 0.6 is 0 Å². The summed E-state index contributed by atoms with van der Waals surface area (Å²) in [6.07, 6.45) is 4.09. The molecular weight excluding hydrogens is 318 g/mol. The zero-order valence-electron chi connectivity index (χ0n) is 15.6. The molecule has 3 nitrogen and oxygen atoms in total. The lowest BCUT2D eigenvalue weighted by Gasteiger charge is -2.09. The first-order valence-corrected chi connectivity index (χ1v) is 9.36. The van der Waals surface area contributed by atoms with Crippen LogP contribution in [0.15, 0.2) is 66.9 Å². The highest BCUT2D eigenvalue weighted by Gasteiger charge is 1.99. The van der Waals surface area contributed by atoms with Crippen LogP contribution in [-0.4, -0.2) is 4.98 Å². The highest BCUT2D eigenvalue weighted by molar-refractivity contribution is 5.46. The Hall–Kier alpha value is -2.81. The molecule has 134 valence electrons. The van der Waals surface area contributed by atoms with Crippen LogP contribution in [0.5, 0.6) is 0 Å². The molecule has 0 unspecified atom stereocenters. The fourth-order valence-corrected chi connectivity index (χ4v) is 2.78. The Morgan fingerprint density at radius 3 is 1.58 bits per heavy atom. The van der Waals surface area contributed by atoms with Crippen molar-refractivity contribution >= 4 is 11.4 Å². The van der Waals surface area contributed by atoms with Crippen LogP contribution in [0.4, 0.5) is 11.4 Å². The molecule has 26 heavy (non-hydrogen) atoms. The number of hydrogen-bond acceptors (Lipinski definition) is 3. The second-order valence-electron chi connectivity index (χ2n) is 6.47. The summed E-state index contributed by atoms with van der Waals surface area (Å²) < 4.78 is 0. The molecule has 3 aromatic rings. The van der Waals surface area contributed by atoms with Gasteiger partial charge < -0.3 is 10.6 Å². The summed E-state index contributed by atoms with van der Waals surface area (Å²) in [6, 6.07) is 21.4. The monoisotopic (exact) mass is 345 g/mol. The maximum absolute atomic E-state index is 4.56. The lowest BCUT2D eigenvalue weighted by atomic mass is 10.1. The third kappa shape index (κ3) is 5.09. The van der Waals surface area contributed by atoms with Crippen molar-refractivity contribution in [2.24, 2.45) is 0 Å². The molecule has 1 heterocycles. The van der Waals surface area contributed by atoms with E-state index in [1.165, 1.54) is 16.7 Å². The Balaban J connectivity index is 1.49. The molecule has 0 aliphatic rings. The summed E-state index contributed by atoms with van der Waals surface area (Å²) in [6.45, 7) is 5.86. The Labute approximate surface area is 156 Å². The number of pyridine rings is 1. The maximum atomic E-state index is 4.56. The minimum atomic E-state index is 0.734. The van der Waals surface area contributed by atoms with E-state index in [0.29, 0.717) is 0 Å².